The summed E-state index contributed by atoms with van der Waals surface area (Å²) < 4.78 is 41.9. The van der Waals surface area contributed by atoms with Crippen molar-refractivity contribution in [3.05, 3.63) is 42.5 Å². The molecule has 0 bridgehead atoms. The number of hydrogen-bond acceptors (Lipinski definition) is 14. The van der Waals surface area contributed by atoms with E-state index < -0.39 is 23.8 Å². The van der Waals surface area contributed by atoms with Crippen LogP contribution in [0.25, 0.3) is 22.6 Å². The summed E-state index contributed by atoms with van der Waals surface area (Å²) in [4.78, 5) is 84.3. The minimum absolute atomic E-state index is 0.00687. The van der Waals surface area contributed by atoms with Crippen LogP contribution < -0.4 is 9.47 Å². The topological polar surface area (TPSA) is 184 Å². The third-order valence-corrected chi connectivity index (χ3v) is 17.6. The van der Waals surface area contributed by atoms with Gasteiger partial charge in [0.15, 0.2) is 5.58 Å². The van der Waals surface area contributed by atoms with E-state index in [1.807, 2.05) is 18.2 Å². The van der Waals surface area contributed by atoms with Crippen molar-refractivity contribution in [2.24, 2.45) is 47.3 Å². The Kier molecular flexibility index (Phi) is 17.9. The second-order valence-electron chi connectivity index (χ2n) is 22.4. The van der Waals surface area contributed by atoms with Gasteiger partial charge in [-0.25, -0.2) is 4.98 Å². The van der Waals surface area contributed by atoms with E-state index >= 15 is 0 Å². The van der Waals surface area contributed by atoms with Crippen LogP contribution in [0.2, 0.25) is 0 Å². The number of benzene rings is 2. The first-order valence-electron chi connectivity index (χ1n) is 28.2. The molecule has 0 atom stereocenters. The van der Waals surface area contributed by atoms with Crippen molar-refractivity contribution in [2.75, 3.05) is 0 Å². The Hall–Kier alpha value is -5.27. The van der Waals surface area contributed by atoms with Gasteiger partial charge in [0.25, 0.3) is 0 Å². The highest BCUT2D eigenvalue weighted by Crippen LogP contribution is 2.40. The van der Waals surface area contributed by atoms with Crippen LogP contribution in [-0.2, 0) is 47.7 Å². The zero-order valence-electron chi connectivity index (χ0n) is 43.1. The smallest absolute Gasteiger partial charge is 0.314 e. The van der Waals surface area contributed by atoms with Gasteiger partial charge in [0.1, 0.15) is 41.4 Å². The maximum atomic E-state index is 13.8. The van der Waals surface area contributed by atoms with Crippen molar-refractivity contribution in [3.63, 3.8) is 0 Å². The molecule has 396 valence electrons. The van der Waals surface area contributed by atoms with Crippen LogP contribution in [0, 0.1) is 47.3 Å². The third-order valence-electron chi connectivity index (χ3n) is 17.6. The van der Waals surface area contributed by atoms with Gasteiger partial charge >= 0.3 is 35.8 Å². The molecule has 0 N–H and O–H groups in total. The van der Waals surface area contributed by atoms with Crippen LogP contribution in [0.5, 0.6) is 11.5 Å². The zero-order valence-corrected chi connectivity index (χ0v) is 43.1. The Balaban J connectivity index is 0.717. The molecule has 0 amide bonds. The third kappa shape index (κ3) is 13.7. The first-order valence-corrected chi connectivity index (χ1v) is 28.2. The summed E-state index contributed by atoms with van der Waals surface area (Å²) in [6.45, 7) is 4.43. The fourth-order valence-electron chi connectivity index (χ4n) is 12.5. The van der Waals surface area contributed by atoms with Crippen LogP contribution in [0.15, 0.2) is 46.9 Å². The Bertz CT molecular complexity index is 2330. The van der Waals surface area contributed by atoms with Gasteiger partial charge in [0, 0.05) is 0 Å². The molecule has 14 heteroatoms. The molecule has 73 heavy (non-hydrogen) atoms. The molecule has 9 rings (SSSR count). The average molecular weight is 1010 g/mol. The van der Waals surface area contributed by atoms with Crippen molar-refractivity contribution >= 4 is 46.9 Å². The van der Waals surface area contributed by atoms with Crippen LogP contribution in [0.4, 0.5) is 0 Å². The van der Waals surface area contributed by atoms with Crippen LogP contribution in [-0.4, -0.2) is 65.2 Å². The van der Waals surface area contributed by atoms with Crippen LogP contribution in [0.1, 0.15) is 181 Å². The lowest BCUT2D eigenvalue weighted by Crippen LogP contribution is -2.35. The van der Waals surface area contributed by atoms with Crippen molar-refractivity contribution in [1.29, 1.82) is 0 Å². The Morgan fingerprint density at radius 2 is 0.795 bits per heavy atom. The number of ether oxygens (including phenoxy) is 6. The van der Waals surface area contributed by atoms with E-state index in [0.717, 1.165) is 63.2 Å². The fourth-order valence-corrected chi connectivity index (χ4v) is 12.5. The molecule has 14 nitrogen and oxygen atoms in total. The molecule has 1 aromatic heterocycles. The van der Waals surface area contributed by atoms with Crippen LogP contribution in [0.3, 0.4) is 0 Å². The summed E-state index contributed by atoms with van der Waals surface area (Å²) in [5, 5.41) is 0. The van der Waals surface area contributed by atoms with Gasteiger partial charge < -0.3 is 32.8 Å². The first kappa shape index (κ1) is 52.6. The van der Waals surface area contributed by atoms with E-state index in [1.165, 1.54) is 12.8 Å². The molecular weight excluding hydrogens is 931 g/mol. The molecule has 6 aliphatic carbocycles. The normalized spacial score (nSPS) is 30.8. The first-order chi connectivity index (χ1) is 35.5. The summed E-state index contributed by atoms with van der Waals surface area (Å²) in [5.74, 6) is -0.750. The fraction of sp³-hybridized carbons (Fsp3) is 0.678. The molecule has 6 aliphatic rings. The predicted octanol–water partition coefficient (Wildman–Crippen LogP) is 12.1. The molecule has 0 unspecified atom stereocenters. The number of carbonyl (C=O) groups is 6. The van der Waals surface area contributed by atoms with Crippen molar-refractivity contribution < 1.29 is 61.6 Å². The number of nitrogens with zero attached hydrogens (tertiary/aromatic N) is 1. The number of esters is 6. The largest absolute Gasteiger partial charge is 0.462 e. The summed E-state index contributed by atoms with van der Waals surface area (Å²) in [6, 6.07) is 12.1. The molecule has 0 spiro atoms. The van der Waals surface area contributed by atoms with Gasteiger partial charge in [-0.1, -0.05) is 38.8 Å². The van der Waals surface area contributed by atoms with Gasteiger partial charge in [0.2, 0.25) is 5.89 Å². The second-order valence-corrected chi connectivity index (χ2v) is 22.4. The number of carbonyl (C=O) groups excluding carboxylic acids is 6. The maximum absolute atomic E-state index is 13.8. The molecule has 6 saturated carbocycles. The van der Waals surface area contributed by atoms with E-state index in [2.05, 4.69) is 18.8 Å². The van der Waals surface area contributed by atoms with Gasteiger partial charge in [-0.2, -0.15) is 0 Å². The Morgan fingerprint density at radius 1 is 0.438 bits per heavy atom. The standard InChI is InChI=1S/C59H77NO13/c1-3-36-9-13-38(14-10-36)54(61)67-44-25-29-46(30-26-44)69-56(63)40-17-19-42(20-18-40)58(65)71-48-33-34-51(49(35-48)53-60-50-7-5-6-8-52(50)72-53)73-59(66)43-23-21-41(22-24-43)57(64)70-47-31-27-45(28-32-47)68-55(62)39-15-11-37(4-2)12-16-39/h5-8,33-47H,3-4,9-32H2,1-2H3. The van der Waals surface area contributed by atoms with Gasteiger partial charge in [-0.05, 0) is 196 Å². The SMILES string of the molecule is CCC1CCC(C(=O)OC2CCC(OC(=O)C3CCC(C(=O)Oc4ccc(OC(=O)C5CCC(C(=O)OC6CCC(OC(=O)C7CCC(CC)CC7)CC6)CC5)c(-c5nc6ccccc6o5)c4)CC3)CC2)CC1. The number of aromatic nitrogens is 1. The van der Waals surface area contributed by atoms with Crippen molar-refractivity contribution in [3.8, 4) is 23.0 Å². The lowest BCUT2D eigenvalue weighted by Gasteiger charge is -2.32. The molecule has 0 radical (unpaired) electrons. The molecule has 6 fully saturated rings. The lowest BCUT2D eigenvalue weighted by molar-refractivity contribution is -0.165. The van der Waals surface area contributed by atoms with E-state index in [0.29, 0.717) is 119 Å². The minimum Gasteiger partial charge on any atom is -0.462 e. The van der Waals surface area contributed by atoms with Gasteiger partial charge in [0.05, 0.1) is 41.1 Å². The molecule has 0 saturated heterocycles. The Labute approximate surface area is 430 Å². The average Bonchev–Trinajstić information content (AvgIpc) is 3.87. The summed E-state index contributed by atoms with van der Waals surface area (Å²) in [6.07, 6.45) is 19.1. The molecule has 2 aromatic carbocycles. The molecular formula is C59H77NO13. The number of hydrogen-bond donors (Lipinski definition) is 0. The molecule has 3 aromatic rings. The maximum Gasteiger partial charge on any atom is 0.314 e. The molecule has 0 aliphatic heterocycles. The minimum atomic E-state index is -0.432. The summed E-state index contributed by atoms with van der Waals surface area (Å²) >= 11 is 0. The van der Waals surface area contributed by atoms with Crippen molar-refractivity contribution in [1.82, 2.24) is 4.98 Å². The second kappa shape index (κ2) is 24.8. The van der Waals surface area contributed by atoms with Gasteiger partial charge in [-0.15, -0.1) is 0 Å². The number of fused-ring (bicyclic) bond motifs is 1. The van der Waals surface area contributed by atoms with E-state index in [-0.39, 0.29) is 89.4 Å². The number of oxazole rings is 1. The van der Waals surface area contributed by atoms with E-state index in [1.54, 1.807) is 24.3 Å². The number of para-hydroxylation sites is 2. The lowest BCUT2D eigenvalue weighted by atomic mass is 9.81. The summed E-state index contributed by atoms with van der Waals surface area (Å²) in [7, 11) is 0. The molecule has 1 heterocycles. The van der Waals surface area contributed by atoms with E-state index in [9.17, 15) is 28.8 Å². The quantitative estimate of drug-likeness (QED) is 0.0795. The highest BCUT2D eigenvalue weighted by Gasteiger charge is 2.38. The van der Waals surface area contributed by atoms with Crippen LogP contribution >= 0.6 is 0 Å². The van der Waals surface area contributed by atoms with Crippen molar-refractivity contribution in [2.45, 2.75) is 205 Å². The van der Waals surface area contributed by atoms with Gasteiger partial charge in [-0.3, -0.25) is 28.8 Å². The van der Waals surface area contributed by atoms with E-state index in [4.69, 9.17) is 32.8 Å². The number of rotatable bonds is 15. The summed E-state index contributed by atoms with van der Waals surface area (Å²) in [5.41, 5.74) is 1.51. The monoisotopic (exact) mass is 1010 g/mol. The zero-order chi connectivity index (χ0) is 50.8. The highest BCUT2D eigenvalue weighted by molar-refractivity contribution is 5.83. The Morgan fingerprint density at radius 3 is 1.18 bits per heavy atom. The predicted molar refractivity (Wildman–Crippen MR) is 270 cm³/mol. The highest BCUT2D eigenvalue weighted by atomic mass is 16.6.